The van der Waals surface area contributed by atoms with Crippen LogP contribution in [0.15, 0.2) is 88.2 Å². The summed E-state index contributed by atoms with van der Waals surface area (Å²) in [4.78, 5) is 25.2. The summed E-state index contributed by atoms with van der Waals surface area (Å²) in [5.41, 5.74) is 2.05. The first-order valence-electron chi connectivity index (χ1n) is 9.83. The van der Waals surface area contributed by atoms with Gasteiger partial charge in [0.1, 0.15) is 6.04 Å². The molecule has 3 rings (SSSR count). The van der Waals surface area contributed by atoms with Gasteiger partial charge in [0, 0.05) is 10.0 Å². The first-order chi connectivity index (χ1) is 15.2. The monoisotopic (exact) mass is 515 g/mol. The molecule has 3 aromatic rings. The molecule has 32 heavy (non-hydrogen) atoms. The maximum Gasteiger partial charge on any atom is 0.324 e. The van der Waals surface area contributed by atoms with Crippen LogP contribution in [0.5, 0.6) is 0 Å². The Labute approximate surface area is 195 Å². The average molecular weight is 516 g/mol. The normalized spacial score (nSPS) is 12.2. The summed E-state index contributed by atoms with van der Waals surface area (Å²) in [6.45, 7) is 1.36. The maximum absolute atomic E-state index is 12.8. The smallest absolute Gasteiger partial charge is 0.324 e. The Morgan fingerprint density at radius 2 is 1.56 bits per heavy atom. The van der Waals surface area contributed by atoms with Gasteiger partial charge in [0.15, 0.2) is 12.4 Å². The lowest BCUT2D eigenvalue weighted by molar-refractivity contribution is -0.144. The molecule has 0 fully saturated rings. The van der Waals surface area contributed by atoms with Gasteiger partial charge in [-0.05, 0) is 43.2 Å². The van der Waals surface area contributed by atoms with Gasteiger partial charge in [-0.1, -0.05) is 76.1 Å². The second-order valence-corrected chi connectivity index (χ2v) is 9.84. The van der Waals surface area contributed by atoms with Crippen molar-refractivity contribution in [2.45, 2.75) is 24.3 Å². The highest BCUT2D eigenvalue weighted by Gasteiger charge is 2.28. The standard InChI is InChI=1S/C24H22BrNO5S/c1-17-7-13-21(14-8-17)32(29,30)26-22(15-18-5-3-2-4-6-18)24(28)31-16-23(27)19-9-11-20(25)12-10-19/h2-14,22,26H,15-16H2,1H3/t22-/m0/s1. The van der Waals surface area contributed by atoms with Gasteiger partial charge >= 0.3 is 5.97 Å². The molecule has 1 N–H and O–H groups in total. The Hall–Kier alpha value is -2.81. The number of rotatable bonds is 9. The molecule has 0 spiro atoms. The molecule has 0 heterocycles. The quantitative estimate of drug-likeness (QED) is 0.342. The van der Waals surface area contributed by atoms with E-state index in [1.165, 1.54) is 12.1 Å². The van der Waals surface area contributed by atoms with Gasteiger partial charge in [-0.25, -0.2) is 8.42 Å². The Kier molecular flexibility index (Phi) is 7.95. The second kappa shape index (κ2) is 10.7. The zero-order valence-electron chi connectivity index (χ0n) is 17.3. The van der Waals surface area contributed by atoms with Crippen LogP contribution in [-0.4, -0.2) is 32.8 Å². The third-order valence-corrected chi connectivity index (χ3v) is 6.72. The third kappa shape index (κ3) is 6.59. The molecule has 0 aromatic heterocycles. The van der Waals surface area contributed by atoms with E-state index in [9.17, 15) is 18.0 Å². The molecule has 0 bridgehead atoms. The van der Waals surface area contributed by atoms with Gasteiger partial charge in [0.05, 0.1) is 4.90 Å². The number of benzene rings is 3. The summed E-state index contributed by atoms with van der Waals surface area (Å²) in [5.74, 6) is -1.21. The van der Waals surface area contributed by atoms with E-state index in [1.54, 1.807) is 60.7 Å². The number of sulfonamides is 1. The first kappa shape index (κ1) is 23.8. The molecule has 8 heteroatoms. The number of hydrogen-bond acceptors (Lipinski definition) is 5. The second-order valence-electron chi connectivity index (χ2n) is 7.21. The highest BCUT2D eigenvalue weighted by atomic mass is 79.9. The fraction of sp³-hybridized carbons (Fsp3) is 0.167. The lowest BCUT2D eigenvalue weighted by atomic mass is 10.1. The van der Waals surface area contributed by atoms with Crippen molar-refractivity contribution in [2.24, 2.45) is 0 Å². The molecule has 0 unspecified atom stereocenters. The van der Waals surface area contributed by atoms with E-state index in [1.807, 2.05) is 13.0 Å². The van der Waals surface area contributed by atoms with E-state index in [4.69, 9.17) is 4.74 Å². The Balaban J connectivity index is 1.75. The van der Waals surface area contributed by atoms with Crippen LogP contribution < -0.4 is 4.72 Å². The van der Waals surface area contributed by atoms with E-state index in [0.717, 1.165) is 15.6 Å². The molecule has 1 atom stereocenters. The molecule has 0 aliphatic rings. The van der Waals surface area contributed by atoms with Gasteiger partial charge in [0.25, 0.3) is 0 Å². The van der Waals surface area contributed by atoms with Gasteiger partial charge < -0.3 is 4.74 Å². The van der Waals surface area contributed by atoms with Crippen LogP contribution in [0.3, 0.4) is 0 Å². The number of aryl methyl sites for hydroxylation is 1. The first-order valence-corrected chi connectivity index (χ1v) is 12.1. The molecule has 0 amide bonds. The van der Waals surface area contributed by atoms with E-state index in [0.29, 0.717) is 5.56 Å². The summed E-state index contributed by atoms with van der Waals surface area (Å²) in [5, 5.41) is 0. The Morgan fingerprint density at radius 3 is 2.19 bits per heavy atom. The predicted molar refractivity (Wildman–Crippen MR) is 125 cm³/mol. The molecule has 0 aliphatic heterocycles. The van der Waals surface area contributed by atoms with E-state index in [-0.39, 0.29) is 17.1 Å². The van der Waals surface area contributed by atoms with Crippen LogP contribution in [0.1, 0.15) is 21.5 Å². The molecular weight excluding hydrogens is 494 g/mol. The number of carbonyl (C=O) groups excluding carboxylic acids is 2. The van der Waals surface area contributed by atoms with Crippen LogP contribution in [0.25, 0.3) is 0 Å². The van der Waals surface area contributed by atoms with Crippen molar-refractivity contribution in [3.63, 3.8) is 0 Å². The van der Waals surface area contributed by atoms with Crippen LogP contribution in [0.4, 0.5) is 0 Å². The topological polar surface area (TPSA) is 89.5 Å². The molecule has 3 aromatic carbocycles. The molecule has 0 saturated carbocycles. The summed E-state index contributed by atoms with van der Waals surface area (Å²) in [6, 6.07) is 20.7. The highest BCUT2D eigenvalue weighted by molar-refractivity contribution is 9.10. The van der Waals surface area contributed by atoms with Gasteiger partial charge in [-0.2, -0.15) is 4.72 Å². The molecule has 0 saturated heterocycles. The summed E-state index contributed by atoms with van der Waals surface area (Å²) in [6.07, 6.45) is 0.0806. The number of ketones is 1. The minimum Gasteiger partial charge on any atom is -0.456 e. The van der Waals surface area contributed by atoms with Gasteiger partial charge in [-0.3, -0.25) is 9.59 Å². The fourth-order valence-electron chi connectivity index (χ4n) is 2.95. The molecule has 6 nitrogen and oxygen atoms in total. The predicted octanol–water partition coefficient (Wildman–Crippen LogP) is 4.07. The summed E-state index contributed by atoms with van der Waals surface area (Å²) < 4.78 is 34.1. The van der Waals surface area contributed by atoms with E-state index < -0.39 is 28.6 Å². The number of Topliss-reactive ketones (excluding diaryl/α,β-unsaturated/α-hetero) is 1. The number of halogens is 1. The zero-order chi connectivity index (χ0) is 23.1. The van der Waals surface area contributed by atoms with Crippen molar-refractivity contribution in [1.82, 2.24) is 4.72 Å². The minimum atomic E-state index is -3.98. The summed E-state index contributed by atoms with van der Waals surface area (Å²) >= 11 is 3.30. The minimum absolute atomic E-state index is 0.0416. The van der Waals surface area contributed by atoms with E-state index in [2.05, 4.69) is 20.7 Å². The lowest BCUT2D eigenvalue weighted by Crippen LogP contribution is -2.43. The van der Waals surface area contributed by atoms with Crippen molar-refractivity contribution in [2.75, 3.05) is 6.61 Å². The van der Waals surface area contributed by atoms with Crippen molar-refractivity contribution in [1.29, 1.82) is 0 Å². The van der Waals surface area contributed by atoms with Crippen LogP contribution in [-0.2, 0) is 26.0 Å². The molecular formula is C24H22BrNO5S. The number of nitrogens with one attached hydrogen (secondary N) is 1. The van der Waals surface area contributed by atoms with Crippen molar-refractivity contribution < 1.29 is 22.7 Å². The molecule has 0 radical (unpaired) electrons. The van der Waals surface area contributed by atoms with Crippen molar-refractivity contribution >= 4 is 37.7 Å². The molecule has 0 aliphatic carbocycles. The fourth-order valence-corrected chi connectivity index (χ4v) is 4.40. The number of esters is 1. The number of ether oxygens (including phenoxy) is 1. The lowest BCUT2D eigenvalue weighted by Gasteiger charge is -2.18. The summed E-state index contributed by atoms with van der Waals surface area (Å²) in [7, 11) is -3.98. The van der Waals surface area contributed by atoms with Crippen LogP contribution in [0.2, 0.25) is 0 Å². The Morgan fingerprint density at radius 1 is 0.938 bits per heavy atom. The Bertz CT molecular complexity index is 1180. The average Bonchev–Trinajstić information content (AvgIpc) is 2.78. The largest absolute Gasteiger partial charge is 0.456 e. The maximum atomic E-state index is 12.8. The number of carbonyl (C=O) groups is 2. The SMILES string of the molecule is Cc1ccc(S(=O)(=O)N[C@@H](Cc2ccccc2)C(=O)OCC(=O)c2ccc(Br)cc2)cc1. The number of hydrogen-bond donors (Lipinski definition) is 1. The highest BCUT2D eigenvalue weighted by Crippen LogP contribution is 2.14. The van der Waals surface area contributed by atoms with Crippen LogP contribution in [0, 0.1) is 6.92 Å². The zero-order valence-corrected chi connectivity index (χ0v) is 19.7. The van der Waals surface area contributed by atoms with Crippen molar-refractivity contribution in [3.8, 4) is 0 Å². The van der Waals surface area contributed by atoms with Gasteiger partial charge in [-0.15, -0.1) is 0 Å². The van der Waals surface area contributed by atoms with Gasteiger partial charge in [0.2, 0.25) is 10.0 Å². The molecule has 166 valence electrons. The van der Waals surface area contributed by atoms with E-state index >= 15 is 0 Å². The van der Waals surface area contributed by atoms with Crippen molar-refractivity contribution in [3.05, 3.63) is 100 Å². The van der Waals surface area contributed by atoms with Crippen LogP contribution >= 0.6 is 15.9 Å². The third-order valence-electron chi connectivity index (χ3n) is 4.71.